The molecule has 0 aliphatic heterocycles. The van der Waals surface area contributed by atoms with E-state index in [2.05, 4.69) is 54.5 Å². The standard InChI is InChI=1S/C38H58N6O2/c1-41(2)33-22-18-31(19-23-33)39-37(45)43(35-14-7-5-8-15-35)27-29-12-11-13-30(26-29)28-44(36-16-9-6-10-17-36)38(46)40-32-20-24-34(25-21-32)42(3)4/h18-25,29-30,35-36H,5-17,26-28H2,1-4H3,(H,39,45)(H,40,46)/t29-,30-/m1/s1. The number of nitrogens with zero attached hydrogens (tertiary/aromatic N) is 4. The third-order valence-corrected chi connectivity index (χ3v) is 10.6. The summed E-state index contributed by atoms with van der Waals surface area (Å²) in [6.07, 6.45) is 16.2. The van der Waals surface area contributed by atoms with E-state index >= 15 is 0 Å². The number of benzene rings is 2. The molecule has 2 atom stereocenters. The Balaban J connectivity index is 1.24. The Labute approximate surface area is 277 Å². The van der Waals surface area contributed by atoms with E-state index in [0.29, 0.717) is 23.9 Å². The molecule has 252 valence electrons. The van der Waals surface area contributed by atoms with Crippen LogP contribution in [0.1, 0.15) is 89.9 Å². The topological polar surface area (TPSA) is 71.2 Å². The Hall–Kier alpha value is -3.42. The number of rotatable bonds is 10. The molecule has 0 spiro atoms. The fourth-order valence-electron chi connectivity index (χ4n) is 7.95. The van der Waals surface area contributed by atoms with Gasteiger partial charge in [-0.3, -0.25) is 0 Å². The molecule has 2 aromatic rings. The molecule has 0 radical (unpaired) electrons. The largest absolute Gasteiger partial charge is 0.378 e. The van der Waals surface area contributed by atoms with Crippen molar-refractivity contribution in [3.8, 4) is 0 Å². The van der Waals surface area contributed by atoms with Gasteiger partial charge in [-0.25, -0.2) is 9.59 Å². The minimum absolute atomic E-state index is 0.0371. The van der Waals surface area contributed by atoms with Crippen molar-refractivity contribution in [2.45, 2.75) is 102 Å². The summed E-state index contributed by atoms with van der Waals surface area (Å²) in [4.78, 5) is 36.2. The molecular weight excluding hydrogens is 572 g/mol. The highest BCUT2D eigenvalue weighted by Crippen LogP contribution is 2.34. The molecule has 0 bridgehead atoms. The van der Waals surface area contributed by atoms with Gasteiger partial charge in [-0.2, -0.15) is 0 Å². The number of carbonyl (C=O) groups excluding carboxylic acids is 2. The molecule has 4 amide bonds. The molecule has 0 heterocycles. The van der Waals surface area contributed by atoms with Gasteiger partial charge in [0.15, 0.2) is 0 Å². The van der Waals surface area contributed by atoms with Crippen LogP contribution in [0.3, 0.4) is 0 Å². The quantitative estimate of drug-likeness (QED) is 0.276. The van der Waals surface area contributed by atoms with Crippen LogP contribution < -0.4 is 20.4 Å². The number of hydrogen-bond donors (Lipinski definition) is 2. The second-order valence-corrected chi connectivity index (χ2v) is 14.5. The Kier molecular flexibility index (Phi) is 12.1. The van der Waals surface area contributed by atoms with Crippen LogP contribution in [0.5, 0.6) is 0 Å². The Morgan fingerprint density at radius 2 is 0.913 bits per heavy atom. The van der Waals surface area contributed by atoms with Crippen LogP contribution in [0, 0.1) is 11.8 Å². The minimum Gasteiger partial charge on any atom is -0.378 e. The van der Waals surface area contributed by atoms with Crippen molar-refractivity contribution in [1.82, 2.24) is 9.80 Å². The molecule has 46 heavy (non-hydrogen) atoms. The second-order valence-electron chi connectivity index (χ2n) is 14.5. The predicted octanol–water partition coefficient (Wildman–Crippen LogP) is 8.66. The second kappa shape index (κ2) is 16.4. The van der Waals surface area contributed by atoms with Crippen LogP contribution in [0.15, 0.2) is 48.5 Å². The summed E-state index contributed by atoms with van der Waals surface area (Å²) in [6.45, 7) is 1.60. The molecule has 3 aliphatic carbocycles. The van der Waals surface area contributed by atoms with Gasteiger partial charge in [0.1, 0.15) is 0 Å². The van der Waals surface area contributed by atoms with Crippen molar-refractivity contribution in [3.63, 3.8) is 0 Å². The zero-order valence-corrected chi connectivity index (χ0v) is 28.8. The van der Waals surface area contributed by atoms with Crippen LogP contribution in [0.2, 0.25) is 0 Å². The summed E-state index contributed by atoms with van der Waals surface area (Å²) in [5.41, 5.74) is 3.94. The fraction of sp³-hybridized carbons (Fsp3) is 0.632. The SMILES string of the molecule is CN(C)c1ccc(NC(=O)N(C[C@@H]2CCC[C@@H](CN(C(=O)Nc3ccc(N(C)C)cc3)C3CCCCC3)C2)C2CCCCC2)cc1. The lowest BCUT2D eigenvalue weighted by Gasteiger charge is -2.41. The van der Waals surface area contributed by atoms with Crippen LogP contribution >= 0.6 is 0 Å². The Bertz CT molecular complexity index is 1140. The molecule has 2 aromatic carbocycles. The molecule has 3 aliphatic rings. The highest BCUT2D eigenvalue weighted by atomic mass is 16.2. The Morgan fingerprint density at radius 3 is 1.26 bits per heavy atom. The normalized spacial score (nSPS) is 20.9. The van der Waals surface area contributed by atoms with Crippen LogP contribution in [0.4, 0.5) is 32.3 Å². The molecule has 0 aromatic heterocycles. The van der Waals surface area contributed by atoms with Crippen molar-refractivity contribution in [1.29, 1.82) is 0 Å². The number of amides is 4. The van der Waals surface area contributed by atoms with Gasteiger partial charge in [0, 0.05) is 76.1 Å². The molecular formula is C38H58N6O2. The van der Waals surface area contributed by atoms with Gasteiger partial charge in [-0.1, -0.05) is 44.9 Å². The van der Waals surface area contributed by atoms with Crippen molar-refractivity contribution in [2.24, 2.45) is 11.8 Å². The van der Waals surface area contributed by atoms with E-state index in [-0.39, 0.29) is 12.1 Å². The molecule has 3 fully saturated rings. The summed E-state index contributed by atoms with van der Waals surface area (Å²) in [6, 6.07) is 16.9. The molecule has 0 unspecified atom stereocenters. The maximum atomic E-state index is 13.8. The number of hydrogen-bond acceptors (Lipinski definition) is 4. The summed E-state index contributed by atoms with van der Waals surface area (Å²) in [5, 5.41) is 6.47. The number of urea groups is 2. The van der Waals surface area contributed by atoms with Crippen molar-refractivity contribution >= 4 is 34.8 Å². The van der Waals surface area contributed by atoms with E-state index in [1.54, 1.807) is 0 Å². The van der Waals surface area contributed by atoms with Gasteiger partial charge in [0.2, 0.25) is 0 Å². The van der Waals surface area contributed by atoms with Gasteiger partial charge in [0.25, 0.3) is 0 Å². The molecule has 8 nitrogen and oxygen atoms in total. The van der Waals surface area contributed by atoms with Gasteiger partial charge in [-0.15, -0.1) is 0 Å². The highest BCUT2D eigenvalue weighted by molar-refractivity contribution is 5.90. The van der Waals surface area contributed by atoms with Crippen LogP contribution in [-0.4, -0.2) is 75.2 Å². The summed E-state index contributed by atoms with van der Waals surface area (Å²) >= 11 is 0. The van der Waals surface area contributed by atoms with Crippen molar-refractivity contribution in [3.05, 3.63) is 48.5 Å². The third kappa shape index (κ3) is 9.32. The average molecular weight is 631 g/mol. The van der Waals surface area contributed by atoms with E-state index in [9.17, 15) is 9.59 Å². The molecule has 8 heteroatoms. The maximum absolute atomic E-state index is 13.8. The first-order valence-corrected chi connectivity index (χ1v) is 18.0. The van der Waals surface area contributed by atoms with Gasteiger partial charge in [-0.05, 0) is 105 Å². The monoisotopic (exact) mass is 630 g/mol. The van der Waals surface area contributed by atoms with E-state index in [0.717, 1.165) is 87.2 Å². The summed E-state index contributed by atoms with van der Waals surface area (Å²) < 4.78 is 0. The lowest BCUT2D eigenvalue weighted by Crippen LogP contribution is -2.48. The minimum atomic E-state index is 0.0371. The fourth-order valence-corrected chi connectivity index (χ4v) is 7.95. The Morgan fingerprint density at radius 1 is 0.543 bits per heavy atom. The summed E-state index contributed by atoms with van der Waals surface area (Å²) in [5.74, 6) is 0.912. The maximum Gasteiger partial charge on any atom is 0.322 e. The van der Waals surface area contributed by atoms with Gasteiger partial charge < -0.3 is 30.2 Å². The van der Waals surface area contributed by atoms with Gasteiger partial charge >= 0.3 is 12.1 Å². The summed E-state index contributed by atoms with van der Waals surface area (Å²) in [7, 11) is 8.11. The number of anilines is 4. The highest BCUT2D eigenvalue weighted by Gasteiger charge is 2.33. The predicted molar refractivity (Wildman–Crippen MR) is 192 cm³/mol. The lowest BCUT2D eigenvalue weighted by molar-refractivity contribution is 0.111. The first-order chi connectivity index (χ1) is 22.3. The molecule has 5 rings (SSSR count). The first-order valence-electron chi connectivity index (χ1n) is 18.0. The van der Waals surface area contributed by atoms with E-state index in [1.165, 1.54) is 38.5 Å². The third-order valence-electron chi connectivity index (χ3n) is 10.6. The smallest absolute Gasteiger partial charge is 0.322 e. The number of nitrogens with one attached hydrogen (secondary N) is 2. The number of carbonyl (C=O) groups is 2. The van der Waals surface area contributed by atoms with Crippen LogP contribution in [-0.2, 0) is 0 Å². The molecule has 0 saturated heterocycles. The first kappa shape index (κ1) is 33.9. The van der Waals surface area contributed by atoms with E-state index in [1.807, 2.05) is 52.5 Å². The zero-order valence-electron chi connectivity index (χ0n) is 28.8. The molecule has 2 N–H and O–H groups in total. The van der Waals surface area contributed by atoms with E-state index in [4.69, 9.17) is 0 Å². The van der Waals surface area contributed by atoms with Gasteiger partial charge in [0.05, 0.1) is 0 Å². The van der Waals surface area contributed by atoms with E-state index < -0.39 is 0 Å². The molecule has 3 saturated carbocycles. The zero-order chi connectivity index (χ0) is 32.5. The van der Waals surface area contributed by atoms with Crippen LogP contribution in [0.25, 0.3) is 0 Å². The average Bonchev–Trinajstić information content (AvgIpc) is 3.07. The van der Waals surface area contributed by atoms with Crippen molar-refractivity contribution in [2.75, 3.05) is 61.7 Å². The lowest BCUT2D eigenvalue weighted by atomic mass is 9.80. The van der Waals surface area contributed by atoms with Crippen molar-refractivity contribution < 1.29 is 9.59 Å².